The van der Waals surface area contributed by atoms with Crippen LogP contribution in [0.3, 0.4) is 0 Å². The van der Waals surface area contributed by atoms with Gasteiger partial charge in [-0.3, -0.25) is 4.79 Å². The van der Waals surface area contributed by atoms with Crippen molar-refractivity contribution < 1.29 is 4.79 Å². The molecule has 4 heteroatoms. The maximum Gasteiger partial charge on any atom is 0.139 e. The van der Waals surface area contributed by atoms with Crippen molar-refractivity contribution in [3.63, 3.8) is 0 Å². The second kappa shape index (κ2) is 5.77. The molecular weight excluding hydrogens is 274 g/mol. The number of hydrogen-bond donors (Lipinski definition) is 1. The SMILES string of the molecule is CC(C)C(N)CC(=O)Cc1cc(Br)cs1. The van der Waals surface area contributed by atoms with Crippen LogP contribution >= 0.6 is 27.3 Å². The number of halogens is 1. The third-order valence-corrected chi connectivity index (χ3v) is 4.01. The first-order valence-corrected chi connectivity index (χ1v) is 6.66. The van der Waals surface area contributed by atoms with Crippen LogP contribution in [-0.4, -0.2) is 11.8 Å². The molecule has 0 aliphatic heterocycles. The third-order valence-electron chi connectivity index (χ3n) is 2.31. The van der Waals surface area contributed by atoms with Crippen molar-refractivity contribution in [1.82, 2.24) is 0 Å². The summed E-state index contributed by atoms with van der Waals surface area (Å²) in [7, 11) is 0. The molecule has 0 fully saturated rings. The fourth-order valence-corrected chi connectivity index (χ4v) is 2.69. The van der Waals surface area contributed by atoms with E-state index in [9.17, 15) is 4.79 Å². The highest BCUT2D eigenvalue weighted by molar-refractivity contribution is 9.10. The Labute approximate surface area is 103 Å². The molecule has 2 nitrogen and oxygen atoms in total. The summed E-state index contributed by atoms with van der Waals surface area (Å²) >= 11 is 4.98. The van der Waals surface area contributed by atoms with Crippen LogP contribution in [0.5, 0.6) is 0 Å². The number of nitrogens with two attached hydrogens (primary N) is 1. The molecule has 0 aliphatic carbocycles. The normalized spacial score (nSPS) is 13.1. The molecule has 1 heterocycles. The lowest BCUT2D eigenvalue weighted by Crippen LogP contribution is -2.29. The average molecular weight is 290 g/mol. The van der Waals surface area contributed by atoms with E-state index in [1.165, 1.54) is 0 Å². The first-order valence-electron chi connectivity index (χ1n) is 4.99. The summed E-state index contributed by atoms with van der Waals surface area (Å²) in [5.41, 5.74) is 5.85. The highest BCUT2D eigenvalue weighted by atomic mass is 79.9. The van der Waals surface area contributed by atoms with Crippen LogP contribution < -0.4 is 5.73 Å². The van der Waals surface area contributed by atoms with Crippen molar-refractivity contribution in [2.75, 3.05) is 0 Å². The van der Waals surface area contributed by atoms with Gasteiger partial charge in [-0.15, -0.1) is 11.3 Å². The minimum atomic E-state index is -0.0131. The van der Waals surface area contributed by atoms with E-state index < -0.39 is 0 Å². The molecule has 84 valence electrons. The molecule has 1 aromatic rings. The Hall–Kier alpha value is -0.190. The summed E-state index contributed by atoms with van der Waals surface area (Å²) in [5.74, 6) is 0.592. The molecule has 0 saturated carbocycles. The molecule has 1 rings (SSSR count). The molecule has 15 heavy (non-hydrogen) atoms. The van der Waals surface area contributed by atoms with Crippen molar-refractivity contribution in [2.45, 2.75) is 32.7 Å². The van der Waals surface area contributed by atoms with Gasteiger partial charge in [0.2, 0.25) is 0 Å². The van der Waals surface area contributed by atoms with E-state index in [0.29, 0.717) is 18.8 Å². The fourth-order valence-electron chi connectivity index (χ4n) is 1.21. The van der Waals surface area contributed by atoms with Crippen LogP contribution in [-0.2, 0) is 11.2 Å². The first kappa shape index (κ1) is 12.9. The second-order valence-corrected chi connectivity index (χ2v) is 5.97. The molecule has 0 aromatic carbocycles. The Bertz CT molecular complexity index is 335. The molecule has 0 radical (unpaired) electrons. The molecule has 1 aromatic heterocycles. The number of hydrogen-bond acceptors (Lipinski definition) is 3. The topological polar surface area (TPSA) is 43.1 Å². The number of ketones is 1. The summed E-state index contributed by atoms with van der Waals surface area (Å²) < 4.78 is 1.04. The predicted molar refractivity (Wildman–Crippen MR) is 68.2 cm³/mol. The third kappa shape index (κ3) is 4.45. The van der Waals surface area contributed by atoms with Gasteiger partial charge in [0.05, 0.1) is 0 Å². The maximum absolute atomic E-state index is 11.6. The summed E-state index contributed by atoms with van der Waals surface area (Å²) in [4.78, 5) is 12.7. The van der Waals surface area contributed by atoms with E-state index >= 15 is 0 Å². The number of carbonyl (C=O) groups excluding carboxylic acids is 1. The minimum absolute atomic E-state index is 0.0131. The lowest BCUT2D eigenvalue weighted by atomic mass is 9.98. The van der Waals surface area contributed by atoms with Gasteiger partial charge in [0.1, 0.15) is 5.78 Å². The van der Waals surface area contributed by atoms with Crippen LogP contribution in [0.1, 0.15) is 25.1 Å². The molecule has 0 bridgehead atoms. The zero-order chi connectivity index (χ0) is 11.4. The zero-order valence-corrected chi connectivity index (χ0v) is 11.4. The highest BCUT2D eigenvalue weighted by Crippen LogP contribution is 2.20. The van der Waals surface area contributed by atoms with E-state index in [0.717, 1.165) is 9.35 Å². The molecule has 1 atom stereocenters. The van der Waals surface area contributed by atoms with Gasteiger partial charge in [-0.1, -0.05) is 13.8 Å². The monoisotopic (exact) mass is 289 g/mol. The number of Topliss-reactive ketones (excluding diaryl/α,β-unsaturated/α-hetero) is 1. The maximum atomic E-state index is 11.6. The van der Waals surface area contributed by atoms with E-state index in [2.05, 4.69) is 15.9 Å². The Morgan fingerprint density at radius 1 is 1.60 bits per heavy atom. The lowest BCUT2D eigenvalue weighted by molar-refractivity contribution is -0.118. The van der Waals surface area contributed by atoms with Gasteiger partial charge < -0.3 is 5.73 Å². The standard InChI is InChI=1S/C11H16BrNOS/c1-7(2)11(13)5-9(14)4-10-3-8(12)6-15-10/h3,6-7,11H,4-5,13H2,1-2H3. The largest absolute Gasteiger partial charge is 0.327 e. The molecule has 1 unspecified atom stereocenters. The van der Waals surface area contributed by atoms with Crippen molar-refractivity contribution in [3.8, 4) is 0 Å². The van der Waals surface area contributed by atoms with Crippen LogP contribution in [0.25, 0.3) is 0 Å². The van der Waals surface area contributed by atoms with Gasteiger partial charge in [-0.25, -0.2) is 0 Å². The first-order chi connectivity index (χ1) is 6.99. The van der Waals surface area contributed by atoms with Crippen LogP contribution in [0.15, 0.2) is 15.9 Å². The van der Waals surface area contributed by atoms with Gasteiger partial charge in [0.25, 0.3) is 0 Å². The summed E-state index contributed by atoms with van der Waals surface area (Å²) in [5, 5.41) is 1.99. The predicted octanol–water partition coefficient (Wildman–Crippen LogP) is 3.00. The summed E-state index contributed by atoms with van der Waals surface area (Å²) in [6, 6.07) is 1.98. The average Bonchev–Trinajstić information content (AvgIpc) is 2.50. The van der Waals surface area contributed by atoms with Gasteiger partial charge in [-0.2, -0.15) is 0 Å². The van der Waals surface area contributed by atoms with Gasteiger partial charge in [-0.05, 0) is 27.9 Å². The highest BCUT2D eigenvalue weighted by Gasteiger charge is 2.13. The number of carbonyl (C=O) groups is 1. The molecule has 0 aliphatic rings. The summed E-state index contributed by atoms with van der Waals surface area (Å²) in [6.07, 6.45) is 0.990. The van der Waals surface area contributed by atoms with E-state index in [-0.39, 0.29) is 11.8 Å². The Morgan fingerprint density at radius 3 is 2.73 bits per heavy atom. The summed E-state index contributed by atoms with van der Waals surface area (Å²) in [6.45, 7) is 4.08. The molecular formula is C11H16BrNOS. The van der Waals surface area contributed by atoms with Crippen molar-refractivity contribution in [3.05, 3.63) is 20.8 Å². The van der Waals surface area contributed by atoms with Crippen LogP contribution in [0, 0.1) is 5.92 Å². The Morgan fingerprint density at radius 2 is 2.27 bits per heavy atom. The van der Waals surface area contributed by atoms with E-state index in [4.69, 9.17) is 5.73 Å². The van der Waals surface area contributed by atoms with Crippen LogP contribution in [0.2, 0.25) is 0 Å². The fraction of sp³-hybridized carbons (Fsp3) is 0.545. The van der Waals surface area contributed by atoms with E-state index in [1.54, 1.807) is 11.3 Å². The quantitative estimate of drug-likeness (QED) is 0.906. The van der Waals surface area contributed by atoms with Crippen molar-refractivity contribution >= 4 is 33.0 Å². The molecule has 2 N–H and O–H groups in total. The van der Waals surface area contributed by atoms with Crippen LogP contribution in [0.4, 0.5) is 0 Å². The molecule has 0 amide bonds. The Balaban J connectivity index is 2.43. The molecule has 0 saturated heterocycles. The zero-order valence-electron chi connectivity index (χ0n) is 9.00. The van der Waals surface area contributed by atoms with Gasteiger partial charge in [0.15, 0.2) is 0 Å². The van der Waals surface area contributed by atoms with Crippen molar-refractivity contribution in [1.29, 1.82) is 0 Å². The van der Waals surface area contributed by atoms with Gasteiger partial charge >= 0.3 is 0 Å². The molecule has 0 spiro atoms. The lowest BCUT2D eigenvalue weighted by Gasteiger charge is -2.13. The number of rotatable bonds is 5. The smallest absolute Gasteiger partial charge is 0.139 e. The second-order valence-electron chi connectivity index (χ2n) is 4.06. The minimum Gasteiger partial charge on any atom is -0.327 e. The van der Waals surface area contributed by atoms with Gasteiger partial charge in [0, 0.05) is 33.6 Å². The number of thiophene rings is 1. The Kier molecular flexibility index (Phi) is 4.96. The van der Waals surface area contributed by atoms with Crippen molar-refractivity contribution in [2.24, 2.45) is 11.7 Å². The van der Waals surface area contributed by atoms with E-state index in [1.807, 2.05) is 25.3 Å².